The van der Waals surface area contributed by atoms with Gasteiger partial charge in [-0.2, -0.15) is 0 Å². The van der Waals surface area contributed by atoms with E-state index in [9.17, 15) is 14.4 Å². The van der Waals surface area contributed by atoms with E-state index in [0.717, 1.165) is 16.7 Å². The second kappa shape index (κ2) is 8.43. The Morgan fingerprint density at radius 3 is 2.23 bits per heavy atom. The number of rotatable bonds is 6. The summed E-state index contributed by atoms with van der Waals surface area (Å²) >= 11 is 0. The average Bonchev–Trinajstić information content (AvgIpc) is 2.62. The Hall–Kier alpha value is -2.95. The van der Waals surface area contributed by atoms with Gasteiger partial charge < -0.3 is 10.1 Å². The topological polar surface area (TPSA) is 72.5 Å². The number of hydrogen-bond donors (Lipinski definition) is 1. The van der Waals surface area contributed by atoms with Gasteiger partial charge in [-0.25, -0.2) is 0 Å². The molecule has 0 unspecified atom stereocenters. The van der Waals surface area contributed by atoms with Crippen LogP contribution in [-0.4, -0.2) is 30.3 Å². The van der Waals surface area contributed by atoms with E-state index >= 15 is 0 Å². The Bertz CT molecular complexity index is 827. The van der Waals surface area contributed by atoms with Gasteiger partial charge in [0.1, 0.15) is 6.54 Å². The molecule has 1 atom stereocenters. The van der Waals surface area contributed by atoms with Gasteiger partial charge in [0.2, 0.25) is 5.78 Å². The molecule has 0 aliphatic carbocycles. The van der Waals surface area contributed by atoms with Gasteiger partial charge in [-0.1, -0.05) is 24.3 Å². The van der Waals surface area contributed by atoms with Gasteiger partial charge in [-0.3, -0.25) is 14.4 Å². The van der Waals surface area contributed by atoms with E-state index in [4.69, 9.17) is 4.74 Å². The number of amides is 1. The number of benzene rings is 2. The van der Waals surface area contributed by atoms with E-state index in [2.05, 4.69) is 5.32 Å². The molecule has 1 amide bonds. The number of carbonyl (C=O) groups excluding carboxylic acids is 3. The summed E-state index contributed by atoms with van der Waals surface area (Å²) < 4.78 is 5.17. The molecule has 5 heteroatoms. The van der Waals surface area contributed by atoms with Crippen LogP contribution in [0.2, 0.25) is 0 Å². The summed E-state index contributed by atoms with van der Waals surface area (Å²) in [6, 6.07) is 12.3. The first-order valence-corrected chi connectivity index (χ1v) is 8.44. The van der Waals surface area contributed by atoms with E-state index in [1.807, 2.05) is 32.9 Å². The molecule has 0 heterocycles. The number of Topliss-reactive ketones (excluding diaryl/α,β-unsaturated/α-hetero) is 1. The summed E-state index contributed by atoms with van der Waals surface area (Å²) in [5.41, 5.74) is 3.95. The van der Waals surface area contributed by atoms with Crippen LogP contribution in [0.1, 0.15) is 44.3 Å². The van der Waals surface area contributed by atoms with Crippen molar-refractivity contribution in [2.24, 2.45) is 0 Å². The summed E-state index contributed by atoms with van der Waals surface area (Å²) in [6.45, 7) is 7.01. The zero-order chi connectivity index (χ0) is 19.3. The third kappa shape index (κ3) is 4.79. The van der Waals surface area contributed by atoms with Gasteiger partial charge in [0.15, 0.2) is 6.10 Å². The minimum atomic E-state index is -0.920. The minimum Gasteiger partial charge on any atom is -0.453 e. The molecule has 2 rings (SSSR count). The molecular weight excluding hydrogens is 330 g/mol. The Balaban J connectivity index is 1.93. The maximum absolute atomic E-state index is 12.6. The van der Waals surface area contributed by atoms with Crippen molar-refractivity contribution in [1.82, 2.24) is 5.32 Å². The van der Waals surface area contributed by atoms with E-state index in [1.54, 1.807) is 30.3 Å². The van der Waals surface area contributed by atoms with Crippen LogP contribution in [0.4, 0.5) is 0 Å². The second-order valence-corrected chi connectivity index (χ2v) is 6.30. The lowest BCUT2D eigenvalue weighted by atomic mass is 9.96. The fraction of sp³-hybridized carbons (Fsp3) is 0.286. The SMILES string of the molecule is Cc1cc(C)c(C(=O)[C@@H](C)OC(=O)CNC(=O)c2ccccc2)cc1C. The van der Waals surface area contributed by atoms with Crippen LogP contribution in [0.25, 0.3) is 0 Å². The Morgan fingerprint density at radius 1 is 0.962 bits per heavy atom. The van der Waals surface area contributed by atoms with Crippen LogP contribution in [0.15, 0.2) is 42.5 Å². The monoisotopic (exact) mass is 353 g/mol. The van der Waals surface area contributed by atoms with Crippen molar-refractivity contribution in [3.63, 3.8) is 0 Å². The summed E-state index contributed by atoms with van der Waals surface area (Å²) in [5, 5.41) is 2.49. The summed E-state index contributed by atoms with van der Waals surface area (Å²) in [7, 11) is 0. The molecule has 0 radical (unpaired) electrons. The van der Waals surface area contributed by atoms with Crippen LogP contribution < -0.4 is 5.32 Å². The van der Waals surface area contributed by atoms with Gasteiger partial charge in [-0.05, 0) is 62.6 Å². The Morgan fingerprint density at radius 2 is 1.58 bits per heavy atom. The second-order valence-electron chi connectivity index (χ2n) is 6.30. The molecule has 26 heavy (non-hydrogen) atoms. The van der Waals surface area contributed by atoms with Crippen LogP contribution in [0, 0.1) is 20.8 Å². The predicted molar refractivity (Wildman–Crippen MR) is 99.3 cm³/mol. The largest absolute Gasteiger partial charge is 0.453 e. The Labute approximate surface area is 153 Å². The van der Waals surface area contributed by atoms with Crippen molar-refractivity contribution in [2.45, 2.75) is 33.8 Å². The van der Waals surface area contributed by atoms with Crippen molar-refractivity contribution < 1.29 is 19.1 Å². The highest BCUT2D eigenvalue weighted by Crippen LogP contribution is 2.18. The zero-order valence-electron chi connectivity index (χ0n) is 15.5. The fourth-order valence-electron chi connectivity index (χ4n) is 2.58. The number of ether oxygens (including phenoxy) is 1. The van der Waals surface area contributed by atoms with Crippen LogP contribution in [-0.2, 0) is 9.53 Å². The highest BCUT2D eigenvalue weighted by atomic mass is 16.5. The molecular formula is C21H23NO4. The minimum absolute atomic E-state index is 0.256. The lowest BCUT2D eigenvalue weighted by molar-refractivity contribution is -0.145. The van der Waals surface area contributed by atoms with Crippen molar-refractivity contribution in [3.05, 3.63) is 70.3 Å². The molecule has 0 aliphatic rings. The number of hydrogen-bond acceptors (Lipinski definition) is 4. The highest BCUT2D eigenvalue weighted by Gasteiger charge is 2.22. The van der Waals surface area contributed by atoms with E-state index in [0.29, 0.717) is 11.1 Å². The smallest absolute Gasteiger partial charge is 0.326 e. The maximum Gasteiger partial charge on any atom is 0.326 e. The highest BCUT2D eigenvalue weighted by molar-refractivity contribution is 6.02. The summed E-state index contributed by atoms with van der Waals surface area (Å²) in [4.78, 5) is 36.4. The average molecular weight is 353 g/mol. The lowest BCUT2D eigenvalue weighted by Crippen LogP contribution is -2.34. The normalized spacial score (nSPS) is 11.5. The van der Waals surface area contributed by atoms with Crippen molar-refractivity contribution >= 4 is 17.7 Å². The molecule has 0 aliphatic heterocycles. The quantitative estimate of drug-likeness (QED) is 0.640. The van der Waals surface area contributed by atoms with Crippen molar-refractivity contribution in [2.75, 3.05) is 6.54 Å². The van der Waals surface area contributed by atoms with Crippen LogP contribution in [0.3, 0.4) is 0 Å². The molecule has 0 aromatic heterocycles. The van der Waals surface area contributed by atoms with Crippen LogP contribution in [0.5, 0.6) is 0 Å². The molecule has 2 aromatic carbocycles. The summed E-state index contributed by atoms with van der Waals surface area (Å²) in [6.07, 6.45) is -0.920. The first-order valence-electron chi connectivity index (χ1n) is 8.44. The van der Waals surface area contributed by atoms with Gasteiger partial charge >= 0.3 is 5.97 Å². The Kier molecular flexibility index (Phi) is 6.28. The van der Waals surface area contributed by atoms with Gasteiger partial charge in [0.25, 0.3) is 5.91 Å². The molecule has 136 valence electrons. The number of esters is 1. The molecule has 2 aromatic rings. The number of carbonyl (C=O) groups is 3. The van der Waals surface area contributed by atoms with Crippen molar-refractivity contribution in [3.8, 4) is 0 Å². The predicted octanol–water partition coefficient (Wildman–Crippen LogP) is 3.16. The molecule has 1 N–H and O–H groups in total. The molecule has 0 saturated carbocycles. The molecule has 5 nitrogen and oxygen atoms in total. The van der Waals surface area contributed by atoms with E-state index in [-0.39, 0.29) is 18.2 Å². The number of nitrogens with one attached hydrogen (secondary N) is 1. The third-order valence-corrected chi connectivity index (χ3v) is 4.21. The molecule has 0 spiro atoms. The third-order valence-electron chi connectivity index (χ3n) is 4.21. The van der Waals surface area contributed by atoms with E-state index in [1.165, 1.54) is 6.92 Å². The van der Waals surface area contributed by atoms with Gasteiger partial charge in [-0.15, -0.1) is 0 Å². The molecule has 0 saturated heterocycles. The molecule has 0 bridgehead atoms. The first-order chi connectivity index (χ1) is 12.3. The molecule has 0 fully saturated rings. The maximum atomic E-state index is 12.6. The lowest BCUT2D eigenvalue weighted by Gasteiger charge is -2.15. The number of aryl methyl sites for hydroxylation is 3. The number of ketones is 1. The van der Waals surface area contributed by atoms with Crippen LogP contribution >= 0.6 is 0 Å². The standard InChI is InChI=1S/C21H23NO4/c1-13-10-15(3)18(11-14(13)2)20(24)16(4)26-19(23)12-22-21(25)17-8-6-5-7-9-17/h5-11,16H,12H2,1-4H3,(H,22,25)/t16-/m1/s1. The van der Waals surface area contributed by atoms with Crippen molar-refractivity contribution in [1.29, 1.82) is 0 Å². The fourth-order valence-corrected chi connectivity index (χ4v) is 2.58. The first kappa shape index (κ1) is 19.4. The van der Waals surface area contributed by atoms with Gasteiger partial charge in [0.05, 0.1) is 0 Å². The van der Waals surface area contributed by atoms with Gasteiger partial charge in [0, 0.05) is 11.1 Å². The summed E-state index contributed by atoms with van der Waals surface area (Å²) in [5.74, 6) is -1.28. The zero-order valence-corrected chi connectivity index (χ0v) is 15.5. The van der Waals surface area contributed by atoms with E-state index < -0.39 is 12.1 Å².